The number of ether oxygens (including phenoxy) is 3. The summed E-state index contributed by atoms with van der Waals surface area (Å²) in [6.07, 6.45) is 1.08. The average Bonchev–Trinajstić information content (AvgIpc) is 2.46. The van der Waals surface area contributed by atoms with Crippen LogP contribution in [0.15, 0.2) is 0 Å². The summed E-state index contributed by atoms with van der Waals surface area (Å²) in [6, 6.07) is 0. The van der Waals surface area contributed by atoms with Gasteiger partial charge in [-0.2, -0.15) is 0 Å². The molecule has 0 aliphatic heterocycles. The van der Waals surface area contributed by atoms with Crippen molar-refractivity contribution in [3.63, 3.8) is 0 Å². The maximum Gasteiger partial charge on any atom is 0.305 e. The third kappa shape index (κ3) is 7.11. The number of carbonyl (C=O) groups excluding carboxylic acids is 3. The summed E-state index contributed by atoms with van der Waals surface area (Å²) < 4.78 is 15.3. The first-order valence-electron chi connectivity index (χ1n) is 6.83. The Morgan fingerprint density at radius 2 is 1.20 bits per heavy atom. The average molecular weight is 288 g/mol. The van der Waals surface area contributed by atoms with Crippen LogP contribution < -0.4 is 0 Å². The van der Waals surface area contributed by atoms with Crippen molar-refractivity contribution in [1.29, 1.82) is 0 Å². The van der Waals surface area contributed by atoms with Gasteiger partial charge in [0.1, 0.15) is 19.8 Å². The molecule has 0 fully saturated rings. The molecule has 0 saturated heterocycles. The minimum atomic E-state index is -0.693. The van der Waals surface area contributed by atoms with Crippen molar-refractivity contribution in [3.8, 4) is 0 Å². The molecule has 0 aromatic heterocycles. The molecule has 0 amide bonds. The molecule has 0 heterocycles. The number of hydrogen-bond acceptors (Lipinski definition) is 6. The van der Waals surface area contributed by atoms with Crippen LogP contribution in [0.25, 0.3) is 0 Å². The Hall–Kier alpha value is -1.59. The SMILES string of the molecule is CCC(=O)OCC(CC)(COC(C)=O)COC(=O)CC. The summed E-state index contributed by atoms with van der Waals surface area (Å²) >= 11 is 0. The van der Waals surface area contributed by atoms with Gasteiger partial charge in [0.15, 0.2) is 0 Å². The number of carbonyl (C=O) groups is 3. The highest BCUT2D eigenvalue weighted by Gasteiger charge is 2.33. The zero-order chi connectivity index (χ0) is 15.6. The second kappa shape index (κ2) is 9.34. The highest BCUT2D eigenvalue weighted by Crippen LogP contribution is 2.24. The molecule has 0 unspecified atom stereocenters. The molecule has 0 N–H and O–H groups in total. The molecule has 0 aliphatic carbocycles. The summed E-state index contributed by atoms with van der Waals surface area (Å²) in [5.74, 6) is -1.11. The van der Waals surface area contributed by atoms with E-state index in [0.717, 1.165) is 0 Å². The molecular weight excluding hydrogens is 264 g/mol. The fourth-order valence-corrected chi connectivity index (χ4v) is 1.36. The fraction of sp³-hybridized carbons (Fsp3) is 0.786. The zero-order valence-corrected chi connectivity index (χ0v) is 12.7. The zero-order valence-electron chi connectivity index (χ0n) is 12.7. The van der Waals surface area contributed by atoms with Crippen molar-refractivity contribution < 1.29 is 28.6 Å². The predicted molar refractivity (Wildman–Crippen MR) is 71.9 cm³/mol. The van der Waals surface area contributed by atoms with E-state index in [0.29, 0.717) is 6.42 Å². The van der Waals surface area contributed by atoms with Crippen LogP contribution in [0.3, 0.4) is 0 Å². The van der Waals surface area contributed by atoms with Crippen LogP contribution in [0.2, 0.25) is 0 Å². The Bertz CT molecular complexity index is 317. The quantitative estimate of drug-likeness (QED) is 0.476. The van der Waals surface area contributed by atoms with Crippen LogP contribution >= 0.6 is 0 Å². The molecule has 0 radical (unpaired) electrons. The number of hydrogen-bond donors (Lipinski definition) is 0. The van der Waals surface area contributed by atoms with E-state index in [1.165, 1.54) is 6.92 Å². The summed E-state index contributed by atoms with van der Waals surface area (Å²) in [4.78, 5) is 33.5. The van der Waals surface area contributed by atoms with Gasteiger partial charge < -0.3 is 14.2 Å². The maximum atomic E-state index is 11.3. The Kier molecular flexibility index (Phi) is 8.59. The lowest BCUT2D eigenvalue weighted by Gasteiger charge is -2.30. The summed E-state index contributed by atoms with van der Waals surface area (Å²) in [5, 5.41) is 0. The van der Waals surface area contributed by atoms with E-state index in [9.17, 15) is 14.4 Å². The molecule has 0 spiro atoms. The first-order valence-corrected chi connectivity index (χ1v) is 6.83. The van der Waals surface area contributed by atoms with Crippen LogP contribution in [0, 0.1) is 5.41 Å². The Morgan fingerprint density at radius 1 is 0.800 bits per heavy atom. The highest BCUT2D eigenvalue weighted by molar-refractivity contribution is 5.69. The van der Waals surface area contributed by atoms with Crippen molar-refractivity contribution in [3.05, 3.63) is 0 Å². The van der Waals surface area contributed by atoms with Gasteiger partial charge >= 0.3 is 17.9 Å². The molecule has 0 aromatic carbocycles. The molecule has 6 heteroatoms. The van der Waals surface area contributed by atoms with E-state index in [1.807, 2.05) is 6.92 Å². The van der Waals surface area contributed by atoms with Gasteiger partial charge in [0, 0.05) is 19.8 Å². The first-order chi connectivity index (χ1) is 9.39. The van der Waals surface area contributed by atoms with Crippen LogP contribution in [0.1, 0.15) is 47.0 Å². The largest absolute Gasteiger partial charge is 0.465 e. The lowest BCUT2D eigenvalue weighted by molar-refractivity contribution is -0.161. The maximum absolute atomic E-state index is 11.3. The van der Waals surface area contributed by atoms with Gasteiger partial charge in [-0.1, -0.05) is 20.8 Å². The minimum absolute atomic E-state index is 0.0484. The third-order valence-corrected chi connectivity index (χ3v) is 2.99. The molecule has 0 atom stereocenters. The minimum Gasteiger partial charge on any atom is -0.465 e. The van der Waals surface area contributed by atoms with Crippen molar-refractivity contribution in [1.82, 2.24) is 0 Å². The summed E-state index contributed by atoms with van der Waals surface area (Å²) in [6.45, 7) is 6.71. The van der Waals surface area contributed by atoms with Gasteiger partial charge in [0.2, 0.25) is 0 Å². The molecule has 0 bridgehead atoms. The lowest BCUT2D eigenvalue weighted by atomic mass is 9.88. The van der Waals surface area contributed by atoms with E-state index in [-0.39, 0.29) is 44.6 Å². The number of rotatable bonds is 9. The van der Waals surface area contributed by atoms with Crippen molar-refractivity contribution in [2.45, 2.75) is 47.0 Å². The van der Waals surface area contributed by atoms with Gasteiger partial charge in [-0.25, -0.2) is 0 Å². The second-order valence-electron chi connectivity index (χ2n) is 4.66. The predicted octanol–water partition coefficient (Wildman–Crippen LogP) is 1.85. The molecule has 0 aromatic rings. The molecule has 6 nitrogen and oxygen atoms in total. The first kappa shape index (κ1) is 18.4. The topological polar surface area (TPSA) is 78.9 Å². The van der Waals surface area contributed by atoms with Gasteiger partial charge in [0.25, 0.3) is 0 Å². The van der Waals surface area contributed by atoms with E-state index in [1.54, 1.807) is 13.8 Å². The van der Waals surface area contributed by atoms with Crippen LogP contribution in [0.5, 0.6) is 0 Å². The Balaban J connectivity index is 4.71. The van der Waals surface area contributed by atoms with Gasteiger partial charge in [0.05, 0.1) is 5.41 Å². The molecule has 20 heavy (non-hydrogen) atoms. The summed E-state index contributed by atoms with van der Waals surface area (Å²) in [7, 11) is 0. The van der Waals surface area contributed by atoms with Gasteiger partial charge in [-0.15, -0.1) is 0 Å². The Labute approximate surface area is 119 Å². The van der Waals surface area contributed by atoms with Gasteiger partial charge in [-0.3, -0.25) is 14.4 Å². The van der Waals surface area contributed by atoms with Crippen LogP contribution in [-0.2, 0) is 28.6 Å². The summed E-state index contributed by atoms with van der Waals surface area (Å²) in [5.41, 5.74) is -0.693. The van der Waals surface area contributed by atoms with E-state index in [4.69, 9.17) is 14.2 Å². The second-order valence-corrected chi connectivity index (χ2v) is 4.66. The molecule has 116 valence electrons. The third-order valence-electron chi connectivity index (χ3n) is 2.99. The van der Waals surface area contributed by atoms with Crippen LogP contribution in [0.4, 0.5) is 0 Å². The standard InChI is InChI=1S/C14H24O6/c1-5-12(16)19-9-14(7-3,8-18-11(4)15)10-20-13(17)6-2/h5-10H2,1-4H3. The van der Waals surface area contributed by atoms with E-state index >= 15 is 0 Å². The monoisotopic (exact) mass is 288 g/mol. The molecule has 0 rings (SSSR count). The van der Waals surface area contributed by atoms with E-state index < -0.39 is 11.4 Å². The smallest absolute Gasteiger partial charge is 0.305 e. The van der Waals surface area contributed by atoms with Gasteiger partial charge in [-0.05, 0) is 6.42 Å². The normalized spacial score (nSPS) is 10.8. The molecule has 0 aliphatic rings. The Morgan fingerprint density at radius 3 is 1.50 bits per heavy atom. The van der Waals surface area contributed by atoms with E-state index in [2.05, 4.69) is 0 Å². The fourth-order valence-electron chi connectivity index (χ4n) is 1.36. The number of esters is 3. The lowest BCUT2D eigenvalue weighted by Crippen LogP contribution is -2.38. The molecular formula is C14H24O6. The molecule has 0 saturated carbocycles. The van der Waals surface area contributed by atoms with Crippen molar-refractivity contribution in [2.24, 2.45) is 5.41 Å². The van der Waals surface area contributed by atoms with Crippen LogP contribution in [-0.4, -0.2) is 37.7 Å². The van der Waals surface area contributed by atoms with Crippen molar-refractivity contribution >= 4 is 17.9 Å². The van der Waals surface area contributed by atoms with Crippen molar-refractivity contribution in [2.75, 3.05) is 19.8 Å². The highest BCUT2D eigenvalue weighted by atomic mass is 16.6.